The Morgan fingerprint density at radius 2 is 2.54 bits per heavy atom. The average Bonchev–Trinajstić information content (AvgIpc) is 2.44. The van der Waals surface area contributed by atoms with E-state index in [4.69, 9.17) is 5.11 Å². The molecule has 70 valence electrons. The average molecular weight is 198 g/mol. The van der Waals surface area contributed by atoms with Gasteiger partial charge in [0.15, 0.2) is 0 Å². The van der Waals surface area contributed by atoms with E-state index in [0.717, 1.165) is 6.54 Å². The van der Waals surface area contributed by atoms with Crippen molar-refractivity contribution in [2.24, 2.45) is 5.92 Å². The number of carboxylic acids is 1. The highest BCUT2D eigenvalue weighted by Crippen LogP contribution is 2.25. The Morgan fingerprint density at radius 1 is 1.77 bits per heavy atom. The topological polar surface area (TPSA) is 55.1 Å². The molecule has 1 aromatic heterocycles. The fourth-order valence-corrected chi connectivity index (χ4v) is 2.01. The molecule has 0 aromatic carbocycles. The van der Waals surface area contributed by atoms with Gasteiger partial charge in [0, 0.05) is 12.7 Å². The van der Waals surface area contributed by atoms with Crippen molar-refractivity contribution in [2.75, 3.05) is 11.5 Å². The van der Waals surface area contributed by atoms with Crippen LogP contribution in [-0.2, 0) is 6.54 Å². The highest BCUT2D eigenvalue weighted by molar-refractivity contribution is 8.00. The molecule has 0 bridgehead atoms. The van der Waals surface area contributed by atoms with E-state index in [9.17, 15) is 4.79 Å². The maximum absolute atomic E-state index is 10.5. The van der Waals surface area contributed by atoms with Crippen LogP contribution in [0.3, 0.4) is 0 Å². The first-order valence-electron chi connectivity index (χ1n) is 4.09. The summed E-state index contributed by atoms with van der Waals surface area (Å²) in [6, 6.07) is 0. The van der Waals surface area contributed by atoms with Crippen molar-refractivity contribution in [2.45, 2.75) is 6.54 Å². The van der Waals surface area contributed by atoms with Crippen LogP contribution in [0.15, 0.2) is 12.4 Å². The summed E-state index contributed by atoms with van der Waals surface area (Å²) in [5.41, 5.74) is 0.270. The lowest BCUT2D eigenvalue weighted by Gasteiger charge is -2.24. The number of hydrogen-bond donors (Lipinski definition) is 1. The molecule has 1 saturated heterocycles. The lowest BCUT2D eigenvalue weighted by molar-refractivity contribution is 0.0696. The predicted molar refractivity (Wildman–Crippen MR) is 50.0 cm³/mol. The fourth-order valence-electron chi connectivity index (χ4n) is 1.23. The molecule has 1 aliphatic heterocycles. The van der Waals surface area contributed by atoms with Crippen LogP contribution in [0.25, 0.3) is 0 Å². The maximum Gasteiger partial charge on any atom is 0.338 e. The molecule has 0 amide bonds. The lowest BCUT2D eigenvalue weighted by atomic mass is 10.2. The second kappa shape index (κ2) is 3.41. The minimum absolute atomic E-state index is 0.270. The standard InChI is InChI=1S/C8H10N2O2S/c11-8(12)7-1-9-10(3-7)2-6-4-13-5-6/h1,3,6H,2,4-5H2,(H,11,12). The third-order valence-electron chi connectivity index (χ3n) is 2.03. The van der Waals surface area contributed by atoms with Gasteiger partial charge in [-0.3, -0.25) is 4.68 Å². The molecule has 0 atom stereocenters. The fraction of sp³-hybridized carbons (Fsp3) is 0.500. The SMILES string of the molecule is O=C(O)c1cnn(CC2CSC2)c1. The van der Waals surface area contributed by atoms with Crippen molar-refractivity contribution in [3.8, 4) is 0 Å². The molecule has 0 spiro atoms. The highest BCUT2D eigenvalue weighted by Gasteiger charge is 2.19. The Bertz CT molecular complexity index is 320. The highest BCUT2D eigenvalue weighted by atomic mass is 32.2. The van der Waals surface area contributed by atoms with Crippen molar-refractivity contribution in [3.63, 3.8) is 0 Å². The Balaban J connectivity index is 2.00. The van der Waals surface area contributed by atoms with E-state index in [2.05, 4.69) is 5.10 Å². The zero-order valence-corrected chi connectivity index (χ0v) is 7.83. The lowest BCUT2D eigenvalue weighted by Crippen LogP contribution is -2.23. The van der Waals surface area contributed by atoms with Gasteiger partial charge in [-0.05, 0) is 17.4 Å². The summed E-state index contributed by atoms with van der Waals surface area (Å²) in [7, 11) is 0. The van der Waals surface area contributed by atoms with Gasteiger partial charge in [-0.1, -0.05) is 0 Å². The van der Waals surface area contributed by atoms with Crippen LogP contribution < -0.4 is 0 Å². The van der Waals surface area contributed by atoms with E-state index in [0.29, 0.717) is 5.92 Å². The number of hydrogen-bond acceptors (Lipinski definition) is 3. The Labute approximate surface area is 79.9 Å². The van der Waals surface area contributed by atoms with Gasteiger partial charge < -0.3 is 5.11 Å². The second-order valence-corrected chi connectivity index (χ2v) is 4.23. The number of aromatic carboxylic acids is 1. The van der Waals surface area contributed by atoms with E-state index in [1.807, 2.05) is 11.8 Å². The molecule has 2 rings (SSSR count). The molecule has 0 radical (unpaired) electrons. The van der Waals surface area contributed by atoms with E-state index in [-0.39, 0.29) is 5.56 Å². The third kappa shape index (κ3) is 1.85. The van der Waals surface area contributed by atoms with E-state index < -0.39 is 5.97 Å². The van der Waals surface area contributed by atoms with Gasteiger partial charge in [-0.15, -0.1) is 0 Å². The monoisotopic (exact) mass is 198 g/mol. The van der Waals surface area contributed by atoms with Crippen LogP contribution in [0, 0.1) is 5.92 Å². The molecule has 5 heteroatoms. The predicted octanol–water partition coefficient (Wildman–Crippen LogP) is 0.944. The molecule has 0 saturated carbocycles. The summed E-state index contributed by atoms with van der Waals surface area (Å²) in [5, 5.41) is 12.6. The maximum atomic E-state index is 10.5. The second-order valence-electron chi connectivity index (χ2n) is 3.16. The molecule has 1 fully saturated rings. The van der Waals surface area contributed by atoms with Crippen LogP contribution in [0.2, 0.25) is 0 Å². The summed E-state index contributed by atoms with van der Waals surface area (Å²) >= 11 is 1.92. The molecule has 13 heavy (non-hydrogen) atoms. The molecule has 1 N–H and O–H groups in total. The summed E-state index contributed by atoms with van der Waals surface area (Å²) in [6.45, 7) is 0.847. The van der Waals surface area contributed by atoms with Crippen molar-refractivity contribution in [1.29, 1.82) is 0 Å². The van der Waals surface area contributed by atoms with Gasteiger partial charge in [-0.25, -0.2) is 4.79 Å². The number of rotatable bonds is 3. The summed E-state index contributed by atoms with van der Waals surface area (Å²) in [4.78, 5) is 10.5. The molecular weight excluding hydrogens is 188 g/mol. The van der Waals surface area contributed by atoms with Gasteiger partial charge in [0.25, 0.3) is 0 Å². The zero-order valence-electron chi connectivity index (χ0n) is 7.01. The van der Waals surface area contributed by atoms with Crippen molar-refractivity contribution in [3.05, 3.63) is 18.0 Å². The number of aromatic nitrogens is 2. The van der Waals surface area contributed by atoms with Crippen LogP contribution in [0.1, 0.15) is 10.4 Å². The van der Waals surface area contributed by atoms with Gasteiger partial charge in [0.1, 0.15) is 0 Å². The first-order valence-corrected chi connectivity index (χ1v) is 5.24. The first kappa shape index (κ1) is 8.62. The molecule has 0 unspecified atom stereocenters. The molecule has 4 nitrogen and oxygen atoms in total. The molecular formula is C8H10N2O2S. The first-order chi connectivity index (χ1) is 6.25. The van der Waals surface area contributed by atoms with Crippen LogP contribution in [-0.4, -0.2) is 32.4 Å². The number of carboxylic acid groups (broad SMARTS) is 1. The van der Waals surface area contributed by atoms with Crippen molar-refractivity contribution >= 4 is 17.7 Å². The van der Waals surface area contributed by atoms with Gasteiger partial charge in [0.05, 0.1) is 11.8 Å². The van der Waals surface area contributed by atoms with Crippen LogP contribution in [0.5, 0.6) is 0 Å². The largest absolute Gasteiger partial charge is 0.478 e. The van der Waals surface area contributed by atoms with Gasteiger partial charge in [0.2, 0.25) is 0 Å². The van der Waals surface area contributed by atoms with Crippen molar-refractivity contribution < 1.29 is 9.90 Å². The smallest absolute Gasteiger partial charge is 0.338 e. The van der Waals surface area contributed by atoms with Gasteiger partial charge >= 0.3 is 5.97 Å². The van der Waals surface area contributed by atoms with E-state index in [1.54, 1.807) is 10.9 Å². The van der Waals surface area contributed by atoms with E-state index >= 15 is 0 Å². The third-order valence-corrected chi connectivity index (χ3v) is 3.45. The Hall–Kier alpha value is -0.970. The molecule has 1 aliphatic rings. The minimum atomic E-state index is -0.908. The van der Waals surface area contributed by atoms with Crippen LogP contribution in [0.4, 0.5) is 0 Å². The number of nitrogens with zero attached hydrogens (tertiary/aromatic N) is 2. The van der Waals surface area contributed by atoms with Crippen LogP contribution >= 0.6 is 11.8 Å². The summed E-state index contributed by atoms with van der Waals surface area (Å²) < 4.78 is 1.72. The normalized spacial score (nSPS) is 16.9. The molecule has 0 aliphatic carbocycles. The minimum Gasteiger partial charge on any atom is -0.478 e. The van der Waals surface area contributed by atoms with Gasteiger partial charge in [-0.2, -0.15) is 16.9 Å². The zero-order chi connectivity index (χ0) is 9.26. The quantitative estimate of drug-likeness (QED) is 0.785. The van der Waals surface area contributed by atoms with E-state index in [1.165, 1.54) is 17.7 Å². The Morgan fingerprint density at radius 3 is 3.00 bits per heavy atom. The summed E-state index contributed by atoms with van der Waals surface area (Å²) in [5.74, 6) is 2.10. The Kier molecular flexibility index (Phi) is 2.26. The molecule has 2 heterocycles. The molecule has 1 aromatic rings. The van der Waals surface area contributed by atoms with Crippen molar-refractivity contribution in [1.82, 2.24) is 9.78 Å². The number of carbonyl (C=O) groups is 1. The number of thioether (sulfide) groups is 1. The summed E-state index contributed by atoms with van der Waals surface area (Å²) in [6.07, 6.45) is 2.99.